The van der Waals surface area contributed by atoms with Gasteiger partial charge in [0.25, 0.3) is 5.56 Å². The predicted molar refractivity (Wildman–Crippen MR) is 119 cm³/mol. The number of hydrogen-bond donors (Lipinski definition) is 1. The molecule has 6 heteroatoms. The molecule has 29 heavy (non-hydrogen) atoms. The number of hydrogen-bond acceptors (Lipinski definition) is 4. The number of nitrogens with one attached hydrogen (secondary N) is 1. The second-order valence-electron chi connectivity index (χ2n) is 7.48. The van der Waals surface area contributed by atoms with E-state index in [9.17, 15) is 4.79 Å². The maximum Gasteiger partial charge on any atom is 0.256 e. The van der Waals surface area contributed by atoms with Crippen LogP contribution in [0.1, 0.15) is 5.56 Å². The van der Waals surface area contributed by atoms with E-state index in [1.165, 1.54) is 5.56 Å². The number of piperazine rings is 1. The minimum atomic E-state index is -0.0344. The van der Waals surface area contributed by atoms with Crippen molar-refractivity contribution in [1.29, 1.82) is 0 Å². The van der Waals surface area contributed by atoms with Crippen molar-refractivity contribution in [2.45, 2.75) is 6.54 Å². The van der Waals surface area contributed by atoms with Crippen LogP contribution in [0.2, 0.25) is 5.02 Å². The second kappa shape index (κ2) is 7.50. The Morgan fingerprint density at radius 3 is 2.52 bits per heavy atom. The summed E-state index contributed by atoms with van der Waals surface area (Å²) in [6, 6.07) is 17.9. The summed E-state index contributed by atoms with van der Waals surface area (Å²) in [5, 5.41) is 3.54. The Kier molecular flexibility index (Phi) is 4.70. The van der Waals surface area contributed by atoms with E-state index in [1.807, 2.05) is 30.3 Å². The Hall–Kier alpha value is -2.89. The molecule has 3 heterocycles. The molecule has 0 saturated carbocycles. The molecule has 4 aromatic rings. The van der Waals surface area contributed by atoms with E-state index in [2.05, 4.69) is 38.0 Å². The monoisotopic (exact) mass is 404 g/mol. The Morgan fingerprint density at radius 1 is 0.931 bits per heavy atom. The van der Waals surface area contributed by atoms with Gasteiger partial charge in [-0.2, -0.15) is 0 Å². The van der Waals surface area contributed by atoms with Crippen LogP contribution in [-0.4, -0.2) is 41.0 Å². The molecule has 0 amide bonds. The van der Waals surface area contributed by atoms with Gasteiger partial charge in [0.2, 0.25) is 0 Å². The number of nitrogens with zero attached hydrogens (tertiary/aromatic N) is 3. The van der Waals surface area contributed by atoms with E-state index in [4.69, 9.17) is 11.6 Å². The molecule has 5 rings (SSSR count). The van der Waals surface area contributed by atoms with E-state index in [0.717, 1.165) is 65.2 Å². The van der Waals surface area contributed by atoms with Crippen LogP contribution in [-0.2, 0) is 6.54 Å². The minimum absolute atomic E-state index is 0.0344. The maximum absolute atomic E-state index is 12.4. The molecule has 1 fully saturated rings. The molecule has 1 aliphatic rings. The normalized spacial score (nSPS) is 15.3. The summed E-state index contributed by atoms with van der Waals surface area (Å²) in [6.07, 6.45) is 1.75. The highest BCUT2D eigenvalue weighted by molar-refractivity contribution is 6.30. The quantitative estimate of drug-likeness (QED) is 0.523. The first-order chi connectivity index (χ1) is 14.2. The summed E-state index contributed by atoms with van der Waals surface area (Å²) < 4.78 is 0. The fourth-order valence-electron chi connectivity index (χ4n) is 4.09. The fraction of sp³-hybridized carbons (Fsp3) is 0.217. The molecular weight excluding hydrogens is 384 g/mol. The minimum Gasteiger partial charge on any atom is -0.354 e. The average molecular weight is 405 g/mol. The van der Waals surface area contributed by atoms with Crippen molar-refractivity contribution in [3.8, 4) is 0 Å². The van der Waals surface area contributed by atoms with Gasteiger partial charge in [0.1, 0.15) is 5.82 Å². The van der Waals surface area contributed by atoms with Gasteiger partial charge in [-0.15, -0.1) is 0 Å². The predicted octanol–water partition coefficient (Wildman–Crippen LogP) is 4.05. The van der Waals surface area contributed by atoms with Gasteiger partial charge >= 0.3 is 0 Å². The molecular formula is C23H21ClN4O. The molecule has 0 bridgehead atoms. The Morgan fingerprint density at radius 2 is 1.72 bits per heavy atom. The third kappa shape index (κ3) is 3.59. The van der Waals surface area contributed by atoms with Crippen LogP contribution in [0, 0.1) is 0 Å². The fourth-order valence-corrected chi connectivity index (χ4v) is 4.25. The summed E-state index contributed by atoms with van der Waals surface area (Å²) in [4.78, 5) is 24.6. The average Bonchev–Trinajstić information content (AvgIpc) is 2.74. The number of pyridine rings is 2. The van der Waals surface area contributed by atoms with Crippen LogP contribution in [0.25, 0.3) is 21.7 Å². The number of benzene rings is 2. The van der Waals surface area contributed by atoms with Crippen molar-refractivity contribution in [2.24, 2.45) is 0 Å². The first kappa shape index (κ1) is 18.2. The SMILES string of the molecule is O=c1[nH]c2cc(CN3CCN(c4cc(Cl)ccn4)CC3)ccc2c2ccccc12. The van der Waals surface area contributed by atoms with Crippen LogP contribution in [0.15, 0.2) is 65.6 Å². The molecule has 0 spiro atoms. The molecule has 2 aromatic heterocycles. The van der Waals surface area contributed by atoms with Crippen molar-refractivity contribution in [3.05, 3.63) is 81.7 Å². The lowest BCUT2D eigenvalue weighted by atomic mass is 10.0. The van der Waals surface area contributed by atoms with Gasteiger partial charge in [0, 0.05) is 60.2 Å². The summed E-state index contributed by atoms with van der Waals surface area (Å²) in [7, 11) is 0. The third-order valence-electron chi connectivity index (χ3n) is 5.60. The zero-order chi connectivity index (χ0) is 19.8. The number of aromatic nitrogens is 2. The van der Waals surface area contributed by atoms with Gasteiger partial charge in [0.05, 0.1) is 0 Å². The van der Waals surface area contributed by atoms with Crippen LogP contribution < -0.4 is 10.5 Å². The van der Waals surface area contributed by atoms with Gasteiger partial charge in [-0.05, 0) is 35.2 Å². The first-order valence-corrected chi connectivity index (χ1v) is 10.2. The Balaban J connectivity index is 1.33. The van der Waals surface area contributed by atoms with E-state index in [1.54, 1.807) is 12.3 Å². The summed E-state index contributed by atoms with van der Waals surface area (Å²) >= 11 is 6.09. The van der Waals surface area contributed by atoms with E-state index in [-0.39, 0.29) is 5.56 Å². The zero-order valence-corrected chi connectivity index (χ0v) is 16.7. The number of halogens is 1. The van der Waals surface area contributed by atoms with Gasteiger partial charge in [0.15, 0.2) is 0 Å². The van der Waals surface area contributed by atoms with E-state index < -0.39 is 0 Å². The molecule has 0 atom stereocenters. The van der Waals surface area contributed by atoms with Crippen molar-refractivity contribution in [2.75, 3.05) is 31.1 Å². The maximum atomic E-state index is 12.4. The first-order valence-electron chi connectivity index (χ1n) is 9.80. The number of anilines is 1. The lowest BCUT2D eigenvalue weighted by molar-refractivity contribution is 0.249. The molecule has 0 aliphatic carbocycles. The van der Waals surface area contributed by atoms with Gasteiger partial charge < -0.3 is 9.88 Å². The van der Waals surface area contributed by atoms with Crippen molar-refractivity contribution in [1.82, 2.24) is 14.9 Å². The lowest BCUT2D eigenvalue weighted by Gasteiger charge is -2.35. The number of rotatable bonds is 3. The smallest absolute Gasteiger partial charge is 0.256 e. The molecule has 0 radical (unpaired) electrons. The van der Waals surface area contributed by atoms with Crippen LogP contribution in [0.4, 0.5) is 5.82 Å². The molecule has 2 aromatic carbocycles. The van der Waals surface area contributed by atoms with Crippen LogP contribution in [0.5, 0.6) is 0 Å². The van der Waals surface area contributed by atoms with E-state index >= 15 is 0 Å². The van der Waals surface area contributed by atoms with Crippen molar-refractivity contribution in [3.63, 3.8) is 0 Å². The highest BCUT2D eigenvalue weighted by Gasteiger charge is 2.18. The largest absolute Gasteiger partial charge is 0.354 e. The molecule has 146 valence electrons. The molecule has 5 nitrogen and oxygen atoms in total. The Labute approximate surface area is 173 Å². The van der Waals surface area contributed by atoms with Crippen LogP contribution in [0.3, 0.4) is 0 Å². The topological polar surface area (TPSA) is 52.2 Å². The van der Waals surface area contributed by atoms with Crippen LogP contribution >= 0.6 is 11.6 Å². The summed E-state index contributed by atoms with van der Waals surface area (Å²) in [5.74, 6) is 0.937. The van der Waals surface area contributed by atoms with Crippen molar-refractivity contribution >= 4 is 39.1 Å². The highest BCUT2D eigenvalue weighted by atomic mass is 35.5. The molecule has 1 saturated heterocycles. The van der Waals surface area contributed by atoms with Gasteiger partial charge in [-0.25, -0.2) is 4.98 Å². The third-order valence-corrected chi connectivity index (χ3v) is 5.84. The number of H-pyrrole nitrogens is 1. The molecule has 1 N–H and O–H groups in total. The van der Waals surface area contributed by atoms with Crippen molar-refractivity contribution < 1.29 is 0 Å². The lowest BCUT2D eigenvalue weighted by Crippen LogP contribution is -2.46. The number of aromatic amines is 1. The molecule has 0 unspecified atom stereocenters. The highest BCUT2D eigenvalue weighted by Crippen LogP contribution is 2.23. The zero-order valence-electron chi connectivity index (χ0n) is 15.9. The summed E-state index contributed by atoms with van der Waals surface area (Å²) in [5.41, 5.74) is 2.07. The number of fused-ring (bicyclic) bond motifs is 3. The van der Waals surface area contributed by atoms with Gasteiger partial charge in [-0.1, -0.05) is 41.9 Å². The van der Waals surface area contributed by atoms with E-state index in [0.29, 0.717) is 0 Å². The van der Waals surface area contributed by atoms with Gasteiger partial charge in [-0.3, -0.25) is 9.69 Å². The summed E-state index contributed by atoms with van der Waals surface area (Å²) in [6.45, 7) is 4.62. The Bertz CT molecular complexity index is 1240. The standard InChI is InChI=1S/C23H21ClN4O/c24-17-7-8-25-22(14-17)28-11-9-27(10-12-28)15-16-5-6-19-18-3-1-2-4-20(18)23(29)26-21(19)13-16/h1-8,13-14H,9-12,15H2,(H,26,29). The second-order valence-corrected chi connectivity index (χ2v) is 7.91. The molecule has 1 aliphatic heterocycles.